The van der Waals surface area contributed by atoms with Crippen LogP contribution in [0, 0.1) is 13.8 Å². The van der Waals surface area contributed by atoms with Crippen LogP contribution in [0.5, 0.6) is 0 Å². The standard InChI is InChI=1S/C17H22N4O3S/c1-13-6-5-7-14(2)17(13)19-15(22)10-20-11-16(18-12-20)25(23,24)21-8-3-4-9-21/h5-7,11-12H,3-4,8-10H2,1-2H3,(H,19,22). The molecule has 0 aliphatic carbocycles. The van der Waals surface area contributed by atoms with Crippen molar-refractivity contribution in [3.8, 4) is 0 Å². The highest BCUT2D eigenvalue weighted by Gasteiger charge is 2.29. The van der Waals surface area contributed by atoms with E-state index in [1.807, 2.05) is 32.0 Å². The van der Waals surface area contributed by atoms with Crippen LogP contribution < -0.4 is 5.32 Å². The number of imidazole rings is 1. The van der Waals surface area contributed by atoms with Crippen LogP contribution in [0.2, 0.25) is 0 Å². The van der Waals surface area contributed by atoms with Crippen LogP contribution >= 0.6 is 0 Å². The van der Waals surface area contributed by atoms with Crippen LogP contribution in [0.25, 0.3) is 0 Å². The molecule has 8 heteroatoms. The summed E-state index contributed by atoms with van der Waals surface area (Å²) in [6.45, 7) is 4.93. The maximum atomic E-state index is 12.5. The van der Waals surface area contributed by atoms with Crippen molar-refractivity contribution in [3.05, 3.63) is 41.9 Å². The number of rotatable bonds is 5. The molecule has 1 aliphatic heterocycles. The van der Waals surface area contributed by atoms with Gasteiger partial charge in [-0.05, 0) is 37.8 Å². The van der Waals surface area contributed by atoms with E-state index in [4.69, 9.17) is 0 Å². The first-order valence-corrected chi connectivity index (χ1v) is 9.70. The molecule has 1 saturated heterocycles. The van der Waals surface area contributed by atoms with Crippen LogP contribution in [-0.4, -0.2) is 41.3 Å². The molecule has 0 unspecified atom stereocenters. The summed E-state index contributed by atoms with van der Waals surface area (Å²) in [5, 5.41) is 2.88. The molecule has 1 aromatic carbocycles. The van der Waals surface area contributed by atoms with Crippen molar-refractivity contribution in [2.24, 2.45) is 0 Å². The topological polar surface area (TPSA) is 84.3 Å². The highest BCUT2D eigenvalue weighted by molar-refractivity contribution is 7.89. The van der Waals surface area contributed by atoms with Gasteiger partial charge in [-0.1, -0.05) is 18.2 Å². The summed E-state index contributed by atoms with van der Waals surface area (Å²) in [5.74, 6) is -0.222. The lowest BCUT2D eigenvalue weighted by Gasteiger charge is -2.13. The van der Waals surface area contributed by atoms with Crippen molar-refractivity contribution in [1.82, 2.24) is 13.9 Å². The van der Waals surface area contributed by atoms with Crippen molar-refractivity contribution in [2.75, 3.05) is 18.4 Å². The van der Waals surface area contributed by atoms with Crippen LogP contribution in [0.4, 0.5) is 5.69 Å². The molecule has 0 radical (unpaired) electrons. The molecule has 3 rings (SSSR count). The van der Waals surface area contributed by atoms with Crippen LogP contribution in [0.1, 0.15) is 24.0 Å². The number of benzene rings is 1. The molecule has 1 aliphatic rings. The fourth-order valence-electron chi connectivity index (χ4n) is 2.98. The van der Waals surface area contributed by atoms with Gasteiger partial charge in [0.05, 0.1) is 6.33 Å². The van der Waals surface area contributed by atoms with E-state index in [0.717, 1.165) is 29.7 Å². The van der Waals surface area contributed by atoms with E-state index in [0.29, 0.717) is 13.1 Å². The lowest BCUT2D eigenvalue weighted by atomic mass is 10.1. The van der Waals surface area contributed by atoms with Gasteiger partial charge < -0.3 is 9.88 Å². The quantitative estimate of drug-likeness (QED) is 0.881. The summed E-state index contributed by atoms with van der Waals surface area (Å²) in [6, 6.07) is 5.80. The van der Waals surface area contributed by atoms with Crippen molar-refractivity contribution < 1.29 is 13.2 Å². The van der Waals surface area contributed by atoms with Gasteiger partial charge >= 0.3 is 0 Å². The first kappa shape index (κ1) is 17.6. The van der Waals surface area contributed by atoms with E-state index in [1.165, 1.54) is 21.4 Å². The van der Waals surface area contributed by atoms with Crippen molar-refractivity contribution >= 4 is 21.6 Å². The number of sulfonamides is 1. The van der Waals surface area contributed by atoms with Gasteiger partial charge in [0.1, 0.15) is 6.54 Å². The highest BCUT2D eigenvalue weighted by atomic mass is 32.2. The molecule has 134 valence electrons. The average molecular weight is 362 g/mol. The van der Waals surface area contributed by atoms with Crippen LogP contribution in [0.15, 0.2) is 35.7 Å². The van der Waals surface area contributed by atoms with E-state index in [2.05, 4.69) is 10.3 Å². The van der Waals surface area contributed by atoms with Gasteiger partial charge in [-0.25, -0.2) is 13.4 Å². The maximum absolute atomic E-state index is 12.5. The molecule has 1 N–H and O–H groups in total. The Labute approximate surface area is 147 Å². The lowest BCUT2D eigenvalue weighted by molar-refractivity contribution is -0.116. The number of para-hydroxylation sites is 1. The average Bonchev–Trinajstić information content (AvgIpc) is 3.23. The second-order valence-electron chi connectivity index (χ2n) is 6.31. The Morgan fingerprint density at radius 3 is 2.48 bits per heavy atom. The van der Waals surface area contributed by atoms with Gasteiger partial charge in [0.2, 0.25) is 5.91 Å². The molecular formula is C17H22N4O3S. The largest absolute Gasteiger partial charge is 0.327 e. The number of carbonyl (C=O) groups is 1. The highest BCUT2D eigenvalue weighted by Crippen LogP contribution is 2.20. The lowest BCUT2D eigenvalue weighted by Crippen LogP contribution is -2.28. The smallest absolute Gasteiger partial charge is 0.262 e. The summed E-state index contributed by atoms with van der Waals surface area (Å²) in [5.41, 5.74) is 2.75. The van der Waals surface area contributed by atoms with E-state index in [-0.39, 0.29) is 17.5 Å². The predicted octanol–water partition coefficient (Wildman–Crippen LogP) is 1.92. The third-order valence-electron chi connectivity index (χ3n) is 4.35. The molecule has 1 aromatic heterocycles. The predicted molar refractivity (Wildman–Crippen MR) is 94.8 cm³/mol. The van der Waals surface area contributed by atoms with E-state index in [9.17, 15) is 13.2 Å². The van der Waals surface area contributed by atoms with Gasteiger partial charge in [0.15, 0.2) is 5.03 Å². The van der Waals surface area contributed by atoms with E-state index < -0.39 is 10.0 Å². The first-order chi connectivity index (χ1) is 11.9. The summed E-state index contributed by atoms with van der Waals surface area (Å²) < 4.78 is 27.9. The van der Waals surface area contributed by atoms with Gasteiger partial charge in [-0.15, -0.1) is 0 Å². The Morgan fingerprint density at radius 1 is 1.20 bits per heavy atom. The minimum atomic E-state index is -3.56. The van der Waals surface area contributed by atoms with Crippen molar-refractivity contribution in [1.29, 1.82) is 0 Å². The van der Waals surface area contributed by atoms with E-state index >= 15 is 0 Å². The number of aromatic nitrogens is 2. The molecule has 0 atom stereocenters. The Balaban J connectivity index is 1.70. The summed E-state index contributed by atoms with van der Waals surface area (Å²) in [7, 11) is -3.56. The number of anilines is 1. The second kappa shape index (κ2) is 6.97. The number of amides is 1. The van der Waals surface area contributed by atoms with Gasteiger partial charge in [0, 0.05) is 25.0 Å². The molecule has 25 heavy (non-hydrogen) atoms. The number of carbonyl (C=O) groups excluding carboxylic acids is 1. The first-order valence-electron chi connectivity index (χ1n) is 8.26. The molecule has 1 amide bonds. The third-order valence-corrected chi connectivity index (χ3v) is 6.13. The van der Waals surface area contributed by atoms with Gasteiger partial charge in [0.25, 0.3) is 10.0 Å². The fraction of sp³-hybridized carbons (Fsp3) is 0.412. The second-order valence-corrected chi connectivity index (χ2v) is 8.20. The van der Waals surface area contributed by atoms with Gasteiger partial charge in [-0.2, -0.15) is 4.31 Å². The molecular weight excluding hydrogens is 340 g/mol. The normalized spacial score (nSPS) is 15.4. The monoisotopic (exact) mass is 362 g/mol. The molecule has 0 spiro atoms. The summed E-state index contributed by atoms with van der Waals surface area (Å²) >= 11 is 0. The molecule has 1 fully saturated rings. The number of hydrogen-bond acceptors (Lipinski definition) is 4. The Kier molecular flexibility index (Phi) is 4.91. The molecule has 7 nitrogen and oxygen atoms in total. The number of aryl methyl sites for hydroxylation is 2. The van der Waals surface area contributed by atoms with Gasteiger partial charge in [-0.3, -0.25) is 4.79 Å². The van der Waals surface area contributed by atoms with Crippen LogP contribution in [0.3, 0.4) is 0 Å². The Hall–Kier alpha value is -2.19. The Morgan fingerprint density at radius 2 is 1.84 bits per heavy atom. The Bertz CT molecular complexity index is 863. The number of hydrogen-bond donors (Lipinski definition) is 1. The minimum absolute atomic E-state index is 0.00530. The molecule has 0 bridgehead atoms. The van der Waals surface area contributed by atoms with E-state index in [1.54, 1.807) is 0 Å². The molecule has 0 saturated carbocycles. The molecule has 2 heterocycles. The van der Waals surface area contributed by atoms with Crippen molar-refractivity contribution in [2.45, 2.75) is 38.3 Å². The summed E-state index contributed by atoms with van der Waals surface area (Å²) in [4.78, 5) is 16.3. The number of nitrogens with zero attached hydrogens (tertiary/aromatic N) is 3. The zero-order valence-corrected chi connectivity index (χ0v) is 15.2. The fourth-order valence-corrected chi connectivity index (χ4v) is 4.43. The molecule has 2 aromatic rings. The number of nitrogens with one attached hydrogen (secondary N) is 1. The third kappa shape index (κ3) is 3.74. The zero-order chi connectivity index (χ0) is 18.0. The maximum Gasteiger partial charge on any atom is 0.262 e. The van der Waals surface area contributed by atoms with Crippen LogP contribution in [-0.2, 0) is 21.4 Å². The minimum Gasteiger partial charge on any atom is -0.327 e. The zero-order valence-electron chi connectivity index (χ0n) is 14.4. The van der Waals surface area contributed by atoms with Crippen molar-refractivity contribution in [3.63, 3.8) is 0 Å². The summed E-state index contributed by atoms with van der Waals surface area (Å²) in [6.07, 6.45) is 4.54. The SMILES string of the molecule is Cc1cccc(C)c1NC(=O)Cn1cnc(S(=O)(=O)N2CCCC2)c1.